The quantitative estimate of drug-likeness (QED) is 0.852. The van der Waals surface area contributed by atoms with Gasteiger partial charge >= 0.3 is 0 Å². The first-order chi connectivity index (χ1) is 10.8. The second kappa shape index (κ2) is 6.60. The highest BCUT2D eigenvalue weighted by Gasteiger charge is 2.36. The molecule has 1 aliphatic heterocycles. The van der Waals surface area contributed by atoms with Crippen LogP contribution in [-0.2, 0) is 4.79 Å². The lowest BCUT2D eigenvalue weighted by atomic mass is 9.95. The SMILES string of the molecule is CC[C@@H](Oc1ccccc1)C(=O)N1CC(c2ccccn2)C1. The Hall–Kier alpha value is -2.36. The zero-order chi connectivity index (χ0) is 15.4. The van der Waals surface area contributed by atoms with Crippen molar-refractivity contribution >= 4 is 5.91 Å². The molecule has 0 bridgehead atoms. The minimum absolute atomic E-state index is 0.0681. The number of aromatic nitrogens is 1. The number of amides is 1. The van der Waals surface area contributed by atoms with Crippen molar-refractivity contribution in [1.82, 2.24) is 9.88 Å². The van der Waals surface area contributed by atoms with Gasteiger partial charge in [-0.15, -0.1) is 0 Å². The maximum Gasteiger partial charge on any atom is 0.263 e. The van der Waals surface area contributed by atoms with Gasteiger partial charge in [-0.25, -0.2) is 0 Å². The first kappa shape index (κ1) is 14.6. The van der Waals surface area contributed by atoms with Crippen molar-refractivity contribution in [2.45, 2.75) is 25.4 Å². The molecule has 114 valence electrons. The van der Waals surface area contributed by atoms with Crippen LogP contribution >= 0.6 is 0 Å². The highest BCUT2D eigenvalue weighted by Crippen LogP contribution is 2.27. The van der Waals surface area contributed by atoms with Gasteiger partial charge in [-0.2, -0.15) is 0 Å². The fourth-order valence-electron chi connectivity index (χ4n) is 2.64. The van der Waals surface area contributed by atoms with Crippen LogP contribution in [0.5, 0.6) is 5.75 Å². The Morgan fingerprint density at radius 3 is 2.59 bits per heavy atom. The van der Waals surface area contributed by atoms with E-state index in [4.69, 9.17) is 4.74 Å². The summed E-state index contributed by atoms with van der Waals surface area (Å²) in [7, 11) is 0. The van der Waals surface area contributed by atoms with Crippen LogP contribution in [0.4, 0.5) is 0 Å². The van der Waals surface area contributed by atoms with Crippen molar-refractivity contribution in [2.75, 3.05) is 13.1 Å². The summed E-state index contributed by atoms with van der Waals surface area (Å²) in [5.41, 5.74) is 1.06. The van der Waals surface area contributed by atoms with E-state index in [0.29, 0.717) is 12.3 Å². The molecule has 1 aliphatic rings. The lowest BCUT2D eigenvalue weighted by Crippen LogP contribution is -2.53. The molecule has 1 fully saturated rings. The van der Waals surface area contributed by atoms with E-state index in [2.05, 4.69) is 4.98 Å². The molecule has 1 saturated heterocycles. The van der Waals surface area contributed by atoms with E-state index in [-0.39, 0.29) is 5.91 Å². The number of rotatable bonds is 5. The molecule has 0 spiro atoms. The number of carbonyl (C=O) groups excluding carboxylic acids is 1. The van der Waals surface area contributed by atoms with Gasteiger partial charge in [0.05, 0.1) is 0 Å². The van der Waals surface area contributed by atoms with Gasteiger partial charge in [0, 0.05) is 30.9 Å². The van der Waals surface area contributed by atoms with Crippen LogP contribution in [0.3, 0.4) is 0 Å². The van der Waals surface area contributed by atoms with E-state index in [1.807, 2.05) is 60.4 Å². The molecular formula is C18H20N2O2. The third kappa shape index (κ3) is 3.11. The molecular weight excluding hydrogens is 276 g/mol. The Kier molecular flexibility index (Phi) is 4.37. The van der Waals surface area contributed by atoms with Crippen molar-refractivity contribution < 1.29 is 9.53 Å². The Morgan fingerprint density at radius 2 is 1.95 bits per heavy atom. The lowest BCUT2D eigenvalue weighted by Gasteiger charge is -2.40. The summed E-state index contributed by atoms with van der Waals surface area (Å²) in [6, 6.07) is 15.4. The maximum absolute atomic E-state index is 12.5. The molecule has 1 aromatic heterocycles. The second-order valence-corrected chi connectivity index (χ2v) is 5.52. The maximum atomic E-state index is 12.5. The molecule has 0 N–H and O–H groups in total. The molecule has 0 radical (unpaired) electrons. The number of benzene rings is 1. The largest absolute Gasteiger partial charge is 0.481 e. The fourth-order valence-corrected chi connectivity index (χ4v) is 2.64. The summed E-state index contributed by atoms with van der Waals surface area (Å²) >= 11 is 0. The summed E-state index contributed by atoms with van der Waals surface area (Å²) in [4.78, 5) is 18.7. The molecule has 2 heterocycles. The van der Waals surface area contributed by atoms with Crippen LogP contribution in [0, 0.1) is 0 Å². The minimum Gasteiger partial charge on any atom is -0.481 e. The minimum atomic E-state index is -0.410. The number of hydrogen-bond acceptors (Lipinski definition) is 3. The summed E-state index contributed by atoms with van der Waals surface area (Å²) < 4.78 is 5.82. The standard InChI is InChI=1S/C18H20N2O2/c1-2-17(22-15-8-4-3-5-9-15)18(21)20-12-14(13-20)16-10-6-7-11-19-16/h3-11,14,17H,2,12-13H2,1H3/t17-/m1/s1. The van der Waals surface area contributed by atoms with E-state index in [1.54, 1.807) is 6.20 Å². The molecule has 4 heteroatoms. The topological polar surface area (TPSA) is 42.4 Å². The average molecular weight is 296 g/mol. The van der Waals surface area contributed by atoms with E-state index < -0.39 is 6.10 Å². The van der Waals surface area contributed by atoms with Crippen LogP contribution < -0.4 is 4.74 Å². The zero-order valence-corrected chi connectivity index (χ0v) is 12.7. The van der Waals surface area contributed by atoms with Gasteiger partial charge in [0.1, 0.15) is 5.75 Å². The Labute approximate surface area is 130 Å². The van der Waals surface area contributed by atoms with Gasteiger partial charge in [-0.3, -0.25) is 9.78 Å². The van der Waals surface area contributed by atoms with Crippen molar-refractivity contribution in [2.24, 2.45) is 0 Å². The third-order valence-electron chi connectivity index (χ3n) is 3.97. The number of ether oxygens (including phenoxy) is 1. The van der Waals surface area contributed by atoms with Gasteiger partial charge in [0.25, 0.3) is 5.91 Å². The number of nitrogens with zero attached hydrogens (tertiary/aromatic N) is 2. The number of pyridine rings is 1. The molecule has 0 saturated carbocycles. The fraction of sp³-hybridized carbons (Fsp3) is 0.333. The van der Waals surface area contributed by atoms with Gasteiger partial charge in [-0.1, -0.05) is 31.2 Å². The summed E-state index contributed by atoms with van der Waals surface area (Å²) in [5, 5.41) is 0. The van der Waals surface area contributed by atoms with Gasteiger partial charge in [0.2, 0.25) is 0 Å². The molecule has 2 aromatic rings. The summed E-state index contributed by atoms with van der Waals surface area (Å²) in [6.45, 7) is 3.43. The van der Waals surface area contributed by atoms with Gasteiger partial charge in [-0.05, 0) is 30.7 Å². The second-order valence-electron chi connectivity index (χ2n) is 5.52. The van der Waals surface area contributed by atoms with Crippen molar-refractivity contribution in [3.05, 3.63) is 60.4 Å². The van der Waals surface area contributed by atoms with Crippen LogP contribution in [0.15, 0.2) is 54.7 Å². The molecule has 22 heavy (non-hydrogen) atoms. The van der Waals surface area contributed by atoms with E-state index in [9.17, 15) is 4.79 Å². The zero-order valence-electron chi connectivity index (χ0n) is 12.7. The summed E-state index contributed by atoms with van der Waals surface area (Å²) in [5.74, 6) is 1.16. The third-order valence-corrected chi connectivity index (χ3v) is 3.97. The number of carbonyl (C=O) groups is 1. The van der Waals surface area contributed by atoms with E-state index >= 15 is 0 Å². The number of likely N-dealkylation sites (tertiary alicyclic amines) is 1. The predicted octanol–water partition coefficient (Wildman–Crippen LogP) is 2.87. The Morgan fingerprint density at radius 1 is 1.23 bits per heavy atom. The molecule has 0 aliphatic carbocycles. The monoisotopic (exact) mass is 296 g/mol. The van der Waals surface area contributed by atoms with E-state index in [0.717, 1.165) is 24.5 Å². The van der Waals surface area contributed by atoms with Crippen LogP contribution in [-0.4, -0.2) is 35.0 Å². The van der Waals surface area contributed by atoms with Crippen molar-refractivity contribution in [3.63, 3.8) is 0 Å². The van der Waals surface area contributed by atoms with Gasteiger partial charge in [0.15, 0.2) is 6.10 Å². The van der Waals surface area contributed by atoms with Crippen molar-refractivity contribution in [1.29, 1.82) is 0 Å². The van der Waals surface area contributed by atoms with Crippen LogP contribution in [0.1, 0.15) is 25.0 Å². The number of para-hydroxylation sites is 1. The Bertz CT molecular complexity index is 609. The highest BCUT2D eigenvalue weighted by atomic mass is 16.5. The van der Waals surface area contributed by atoms with Gasteiger partial charge < -0.3 is 9.64 Å². The number of hydrogen-bond donors (Lipinski definition) is 0. The normalized spacial score (nSPS) is 16.0. The molecule has 1 amide bonds. The molecule has 1 aromatic carbocycles. The lowest BCUT2D eigenvalue weighted by molar-refractivity contribution is -0.143. The highest BCUT2D eigenvalue weighted by molar-refractivity contribution is 5.82. The first-order valence-corrected chi connectivity index (χ1v) is 7.69. The Balaban J connectivity index is 1.57. The van der Waals surface area contributed by atoms with E-state index in [1.165, 1.54) is 0 Å². The average Bonchev–Trinajstić information content (AvgIpc) is 2.53. The first-order valence-electron chi connectivity index (χ1n) is 7.69. The molecule has 4 nitrogen and oxygen atoms in total. The van der Waals surface area contributed by atoms with Crippen molar-refractivity contribution in [3.8, 4) is 5.75 Å². The van der Waals surface area contributed by atoms with Crippen LogP contribution in [0.2, 0.25) is 0 Å². The smallest absolute Gasteiger partial charge is 0.263 e. The molecule has 3 rings (SSSR count). The predicted molar refractivity (Wildman–Crippen MR) is 84.7 cm³/mol. The molecule has 1 atom stereocenters. The van der Waals surface area contributed by atoms with Crippen LogP contribution in [0.25, 0.3) is 0 Å². The molecule has 0 unspecified atom stereocenters. The summed E-state index contributed by atoms with van der Waals surface area (Å²) in [6.07, 6.45) is 2.05.